The largest absolute Gasteiger partial charge is 0.345 e. The Bertz CT molecular complexity index is 688. The van der Waals surface area contributed by atoms with Crippen LogP contribution in [0.2, 0.25) is 0 Å². The number of benzene rings is 1. The summed E-state index contributed by atoms with van der Waals surface area (Å²) in [7, 11) is 0. The SMILES string of the molecule is Cc1cccc(-c2ncnc3[nH]cc(Br)c23)c1. The summed E-state index contributed by atoms with van der Waals surface area (Å²) in [5, 5.41) is 1.03. The predicted octanol–water partition coefficient (Wildman–Crippen LogP) is 3.70. The topological polar surface area (TPSA) is 41.6 Å². The summed E-state index contributed by atoms with van der Waals surface area (Å²) in [5.41, 5.74) is 4.13. The fourth-order valence-corrected chi connectivity index (χ4v) is 2.43. The van der Waals surface area contributed by atoms with Crippen LogP contribution in [0.1, 0.15) is 5.56 Å². The number of nitrogens with one attached hydrogen (secondary N) is 1. The third-order valence-corrected chi connectivity index (χ3v) is 3.34. The number of aromatic amines is 1. The highest BCUT2D eigenvalue weighted by Crippen LogP contribution is 2.31. The second-order valence-corrected chi connectivity index (χ2v) is 4.81. The highest BCUT2D eigenvalue weighted by molar-refractivity contribution is 9.10. The summed E-state index contributed by atoms with van der Waals surface area (Å²) in [4.78, 5) is 11.7. The minimum atomic E-state index is 0.850. The fourth-order valence-electron chi connectivity index (χ4n) is 1.94. The molecule has 4 heteroatoms. The normalized spacial score (nSPS) is 10.9. The van der Waals surface area contributed by atoms with Crippen LogP contribution < -0.4 is 0 Å². The zero-order valence-electron chi connectivity index (χ0n) is 9.24. The predicted molar refractivity (Wildman–Crippen MR) is 71.8 cm³/mol. The molecule has 1 N–H and O–H groups in total. The van der Waals surface area contributed by atoms with Gasteiger partial charge in [0.2, 0.25) is 0 Å². The first-order chi connectivity index (χ1) is 8.25. The summed E-state index contributed by atoms with van der Waals surface area (Å²) < 4.78 is 0.990. The van der Waals surface area contributed by atoms with Gasteiger partial charge < -0.3 is 4.98 Å². The molecule has 84 valence electrons. The van der Waals surface area contributed by atoms with E-state index in [-0.39, 0.29) is 0 Å². The van der Waals surface area contributed by atoms with E-state index in [1.54, 1.807) is 6.33 Å². The highest BCUT2D eigenvalue weighted by Gasteiger charge is 2.10. The molecular weight excluding hydrogens is 278 g/mol. The lowest BCUT2D eigenvalue weighted by Crippen LogP contribution is -1.88. The van der Waals surface area contributed by atoms with E-state index in [9.17, 15) is 0 Å². The number of fused-ring (bicyclic) bond motifs is 1. The number of halogens is 1. The van der Waals surface area contributed by atoms with E-state index < -0.39 is 0 Å². The van der Waals surface area contributed by atoms with Crippen molar-refractivity contribution < 1.29 is 0 Å². The van der Waals surface area contributed by atoms with Crippen LogP contribution in [-0.2, 0) is 0 Å². The van der Waals surface area contributed by atoms with Gasteiger partial charge >= 0.3 is 0 Å². The van der Waals surface area contributed by atoms with Crippen molar-refractivity contribution in [2.75, 3.05) is 0 Å². The van der Waals surface area contributed by atoms with Crippen molar-refractivity contribution in [2.45, 2.75) is 6.92 Å². The smallest absolute Gasteiger partial charge is 0.142 e. The molecule has 0 aliphatic rings. The molecule has 0 fully saturated rings. The maximum atomic E-state index is 4.39. The Morgan fingerprint density at radius 2 is 2.12 bits per heavy atom. The molecule has 0 spiro atoms. The number of aryl methyl sites for hydroxylation is 1. The number of hydrogen-bond acceptors (Lipinski definition) is 2. The summed E-state index contributed by atoms with van der Waals surface area (Å²) in [5.74, 6) is 0. The standard InChI is InChI=1S/C13H10BrN3/c1-8-3-2-4-9(5-8)12-11-10(14)6-15-13(11)17-7-16-12/h2-7H,1H3,(H,15,16,17). The Morgan fingerprint density at radius 1 is 1.24 bits per heavy atom. The van der Waals surface area contributed by atoms with E-state index in [1.807, 2.05) is 12.3 Å². The maximum Gasteiger partial charge on any atom is 0.142 e. The van der Waals surface area contributed by atoms with Gasteiger partial charge in [0, 0.05) is 16.2 Å². The number of hydrogen-bond donors (Lipinski definition) is 1. The van der Waals surface area contributed by atoms with Gasteiger partial charge in [-0.1, -0.05) is 23.8 Å². The van der Waals surface area contributed by atoms with Crippen LogP contribution in [0.15, 0.2) is 41.3 Å². The van der Waals surface area contributed by atoms with Gasteiger partial charge in [-0.25, -0.2) is 9.97 Å². The lowest BCUT2D eigenvalue weighted by atomic mass is 10.1. The van der Waals surface area contributed by atoms with E-state index in [2.05, 4.69) is 56.0 Å². The van der Waals surface area contributed by atoms with E-state index in [1.165, 1.54) is 5.56 Å². The quantitative estimate of drug-likeness (QED) is 0.742. The maximum absolute atomic E-state index is 4.39. The molecule has 3 nitrogen and oxygen atoms in total. The van der Waals surface area contributed by atoms with Crippen LogP contribution in [0.4, 0.5) is 0 Å². The molecule has 0 bridgehead atoms. The Balaban J connectivity index is 2.33. The number of nitrogens with zero attached hydrogens (tertiary/aromatic N) is 2. The Labute approximate surface area is 107 Å². The molecule has 17 heavy (non-hydrogen) atoms. The Morgan fingerprint density at radius 3 is 2.94 bits per heavy atom. The second-order valence-electron chi connectivity index (χ2n) is 3.95. The van der Waals surface area contributed by atoms with Gasteiger partial charge in [-0.05, 0) is 28.9 Å². The Hall–Kier alpha value is -1.68. The first-order valence-corrected chi connectivity index (χ1v) is 6.09. The molecule has 0 aliphatic carbocycles. The highest BCUT2D eigenvalue weighted by atomic mass is 79.9. The summed E-state index contributed by atoms with van der Waals surface area (Å²) in [6.07, 6.45) is 3.47. The van der Waals surface area contributed by atoms with Crippen LogP contribution in [0.5, 0.6) is 0 Å². The van der Waals surface area contributed by atoms with E-state index >= 15 is 0 Å². The van der Waals surface area contributed by atoms with Crippen LogP contribution in [0, 0.1) is 6.92 Å². The lowest BCUT2D eigenvalue weighted by molar-refractivity contribution is 1.20. The van der Waals surface area contributed by atoms with Gasteiger partial charge in [-0.3, -0.25) is 0 Å². The first-order valence-electron chi connectivity index (χ1n) is 5.30. The molecule has 0 amide bonds. The van der Waals surface area contributed by atoms with Crippen molar-refractivity contribution in [3.8, 4) is 11.3 Å². The molecule has 2 heterocycles. The number of rotatable bonds is 1. The fraction of sp³-hybridized carbons (Fsp3) is 0.0769. The van der Waals surface area contributed by atoms with Gasteiger partial charge in [0.25, 0.3) is 0 Å². The minimum absolute atomic E-state index is 0.850. The molecular formula is C13H10BrN3. The minimum Gasteiger partial charge on any atom is -0.345 e. The first kappa shape index (κ1) is 10.5. The number of aromatic nitrogens is 3. The van der Waals surface area contributed by atoms with E-state index in [0.29, 0.717) is 0 Å². The molecule has 3 rings (SSSR count). The van der Waals surface area contributed by atoms with Gasteiger partial charge in [0.05, 0.1) is 11.1 Å². The summed E-state index contributed by atoms with van der Waals surface area (Å²) in [6, 6.07) is 8.31. The van der Waals surface area contributed by atoms with E-state index in [0.717, 1.165) is 26.8 Å². The van der Waals surface area contributed by atoms with Gasteiger partial charge in [-0.2, -0.15) is 0 Å². The van der Waals surface area contributed by atoms with Crippen LogP contribution in [0.25, 0.3) is 22.3 Å². The molecule has 2 aromatic heterocycles. The molecule has 0 saturated carbocycles. The molecule has 1 aromatic carbocycles. The molecule has 3 aromatic rings. The van der Waals surface area contributed by atoms with Crippen LogP contribution in [-0.4, -0.2) is 15.0 Å². The molecule has 0 saturated heterocycles. The zero-order chi connectivity index (χ0) is 11.8. The third kappa shape index (κ3) is 1.74. The zero-order valence-corrected chi connectivity index (χ0v) is 10.8. The van der Waals surface area contributed by atoms with Gasteiger partial charge in [0.15, 0.2) is 0 Å². The van der Waals surface area contributed by atoms with E-state index in [4.69, 9.17) is 0 Å². The molecule has 0 radical (unpaired) electrons. The average molecular weight is 288 g/mol. The summed E-state index contributed by atoms with van der Waals surface area (Å²) in [6.45, 7) is 2.08. The second kappa shape index (κ2) is 3.96. The van der Waals surface area contributed by atoms with Crippen molar-refractivity contribution in [1.82, 2.24) is 15.0 Å². The molecule has 0 unspecified atom stereocenters. The monoisotopic (exact) mass is 287 g/mol. The number of H-pyrrole nitrogens is 1. The van der Waals surface area contributed by atoms with Crippen molar-refractivity contribution in [2.24, 2.45) is 0 Å². The van der Waals surface area contributed by atoms with Gasteiger partial charge in [0.1, 0.15) is 12.0 Å². The summed E-state index contributed by atoms with van der Waals surface area (Å²) >= 11 is 3.52. The molecule has 0 aliphatic heterocycles. The van der Waals surface area contributed by atoms with Crippen molar-refractivity contribution >= 4 is 27.0 Å². The molecule has 0 atom stereocenters. The third-order valence-electron chi connectivity index (χ3n) is 2.71. The average Bonchev–Trinajstić information content (AvgIpc) is 2.71. The lowest BCUT2D eigenvalue weighted by Gasteiger charge is -2.03. The Kier molecular flexibility index (Phi) is 2.44. The van der Waals surface area contributed by atoms with Crippen molar-refractivity contribution in [3.05, 3.63) is 46.8 Å². The van der Waals surface area contributed by atoms with Crippen molar-refractivity contribution in [3.63, 3.8) is 0 Å². The van der Waals surface area contributed by atoms with Gasteiger partial charge in [-0.15, -0.1) is 0 Å². The van der Waals surface area contributed by atoms with Crippen molar-refractivity contribution in [1.29, 1.82) is 0 Å². The van der Waals surface area contributed by atoms with Crippen LogP contribution in [0.3, 0.4) is 0 Å². The van der Waals surface area contributed by atoms with Crippen LogP contribution >= 0.6 is 15.9 Å².